The summed E-state index contributed by atoms with van der Waals surface area (Å²) in [7, 11) is 3.22. The van der Waals surface area contributed by atoms with Crippen molar-refractivity contribution in [2.24, 2.45) is 0 Å². The molecule has 0 bridgehead atoms. The first-order valence-corrected chi connectivity index (χ1v) is 7.26. The molecule has 0 aliphatic rings. The van der Waals surface area contributed by atoms with Crippen LogP contribution in [0.2, 0.25) is 0 Å². The number of rotatable bonds is 9. The van der Waals surface area contributed by atoms with Crippen molar-refractivity contribution < 1.29 is 19.0 Å². The third-order valence-corrected chi connectivity index (χ3v) is 3.48. The summed E-state index contributed by atoms with van der Waals surface area (Å²) in [5, 5.41) is 10.3. The third-order valence-electron chi connectivity index (χ3n) is 3.48. The van der Waals surface area contributed by atoms with E-state index in [2.05, 4.69) is 17.0 Å². The zero-order valence-electron chi connectivity index (χ0n) is 13.0. The summed E-state index contributed by atoms with van der Waals surface area (Å²) in [6, 6.07) is 13.6. The molecule has 2 aromatic rings. The van der Waals surface area contributed by atoms with Gasteiger partial charge in [0, 0.05) is 33.9 Å². The maximum atomic E-state index is 10.3. The molecule has 0 fully saturated rings. The summed E-state index contributed by atoms with van der Waals surface area (Å²) in [5.74, 6) is 0.560. The van der Waals surface area contributed by atoms with Gasteiger partial charge in [-0.15, -0.1) is 0 Å². The van der Waals surface area contributed by atoms with Gasteiger partial charge in [-0.25, -0.2) is 0 Å². The van der Waals surface area contributed by atoms with Crippen molar-refractivity contribution in [3.05, 3.63) is 60.1 Å². The van der Waals surface area contributed by atoms with Crippen LogP contribution in [0.5, 0.6) is 0 Å². The number of ether oxygens (including phenoxy) is 2. The van der Waals surface area contributed by atoms with Crippen molar-refractivity contribution >= 4 is 0 Å². The van der Waals surface area contributed by atoms with Crippen LogP contribution < -0.4 is 0 Å². The minimum atomic E-state index is -0.687. The molecule has 120 valence electrons. The minimum Gasteiger partial charge on any atom is -0.467 e. The largest absolute Gasteiger partial charge is 0.467 e. The van der Waals surface area contributed by atoms with Gasteiger partial charge in [-0.1, -0.05) is 30.3 Å². The SMILES string of the molecule is COC(CN(Cc1ccccc1)CC(O)c1ccco1)OC. The third kappa shape index (κ3) is 4.96. The van der Waals surface area contributed by atoms with Crippen LogP contribution >= 0.6 is 0 Å². The molecule has 0 spiro atoms. The highest BCUT2D eigenvalue weighted by Crippen LogP contribution is 2.17. The lowest BCUT2D eigenvalue weighted by molar-refractivity contribution is -0.120. The molecule has 1 heterocycles. The van der Waals surface area contributed by atoms with Crippen molar-refractivity contribution in [3.63, 3.8) is 0 Å². The molecule has 0 aliphatic carbocycles. The molecule has 1 N–H and O–H groups in total. The Morgan fingerprint density at radius 2 is 1.77 bits per heavy atom. The lowest BCUT2D eigenvalue weighted by atomic mass is 10.2. The average Bonchev–Trinajstić information content (AvgIpc) is 3.08. The van der Waals surface area contributed by atoms with Crippen molar-refractivity contribution in [3.8, 4) is 0 Å². The van der Waals surface area contributed by atoms with Gasteiger partial charge in [0.15, 0.2) is 6.29 Å². The summed E-state index contributed by atoms with van der Waals surface area (Å²) in [4.78, 5) is 2.08. The Hall–Kier alpha value is -1.66. The monoisotopic (exact) mass is 305 g/mol. The van der Waals surface area contributed by atoms with Crippen LogP contribution in [0.4, 0.5) is 0 Å². The molecular formula is C17H23NO4. The standard InChI is InChI=1S/C17H23NO4/c1-20-17(21-2)13-18(11-14-7-4-3-5-8-14)12-15(19)16-9-6-10-22-16/h3-10,15,17,19H,11-13H2,1-2H3. The summed E-state index contributed by atoms with van der Waals surface area (Å²) in [6.07, 6.45) is 0.535. The maximum Gasteiger partial charge on any atom is 0.169 e. The molecule has 0 aliphatic heterocycles. The van der Waals surface area contributed by atoms with Gasteiger partial charge in [-0.2, -0.15) is 0 Å². The molecule has 0 saturated carbocycles. The predicted molar refractivity (Wildman–Crippen MR) is 83.2 cm³/mol. The van der Waals surface area contributed by atoms with E-state index in [0.29, 0.717) is 25.4 Å². The van der Waals surface area contributed by atoms with E-state index >= 15 is 0 Å². The second-order valence-electron chi connectivity index (χ2n) is 5.11. The smallest absolute Gasteiger partial charge is 0.169 e. The van der Waals surface area contributed by atoms with E-state index in [4.69, 9.17) is 13.9 Å². The van der Waals surface area contributed by atoms with Crippen LogP contribution in [0, 0.1) is 0 Å². The van der Waals surface area contributed by atoms with E-state index < -0.39 is 6.10 Å². The topological polar surface area (TPSA) is 55.1 Å². The molecular weight excluding hydrogens is 282 g/mol. The first-order valence-electron chi connectivity index (χ1n) is 7.26. The zero-order chi connectivity index (χ0) is 15.8. The number of methoxy groups -OCH3 is 2. The fourth-order valence-electron chi connectivity index (χ4n) is 2.32. The van der Waals surface area contributed by atoms with Crippen molar-refractivity contribution in [2.45, 2.75) is 18.9 Å². The normalized spacial score (nSPS) is 13.0. The molecule has 0 amide bonds. The highest BCUT2D eigenvalue weighted by atomic mass is 16.7. The Bertz CT molecular complexity index is 511. The van der Waals surface area contributed by atoms with Crippen molar-refractivity contribution in [1.82, 2.24) is 4.90 Å². The number of hydrogen-bond donors (Lipinski definition) is 1. The quantitative estimate of drug-likeness (QED) is 0.721. The first kappa shape index (κ1) is 16.7. The summed E-state index contributed by atoms with van der Waals surface area (Å²) in [5.41, 5.74) is 1.17. The molecule has 2 rings (SSSR count). The van der Waals surface area contributed by atoms with Crippen LogP contribution in [0.15, 0.2) is 53.1 Å². The van der Waals surface area contributed by atoms with Crippen molar-refractivity contribution in [2.75, 3.05) is 27.3 Å². The van der Waals surface area contributed by atoms with Gasteiger partial charge in [-0.3, -0.25) is 4.90 Å². The summed E-state index contributed by atoms with van der Waals surface area (Å²) < 4.78 is 15.8. The van der Waals surface area contributed by atoms with Crippen LogP contribution in [-0.4, -0.2) is 43.6 Å². The van der Waals surface area contributed by atoms with E-state index in [9.17, 15) is 5.11 Å². The second kappa shape index (κ2) is 8.70. The second-order valence-corrected chi connectivity index (χ2v) is 5.11. The molecule has 1 aromatic carbocycles. The fourth-order valence-corrected chi connectivity index (χ4v) is 2.32. The molecule has 5 heteroatoms. The van der Waals surface area contributed by atoms with Gasteiger partial charge < -0.3 is 19.0 Å². The van der Waals surface area contributed by atoms with E-state index in [1.165, 1.54) is 5.56 Å². The highest BCUT2D eigenvalue weighted by molar-refractivity contribution is 5.14. The maximum absolute atomic E-state index is 10.3. The van der Waals surface area contributed by atoms with Gasteiger partial charge in [-0.05, 0) is 17.7 Å². The zero-order valence-corrected chi connectivity index (χ0v) is 13.0. The Morgan fingerprint density at radius 1 is 1.05 bits per heavy atom. The number of benzene rings is 1. The van der Waals surface area contributed by atoms with Gasteiger partial charge >= 0.3 is 0 Å². The Balaban J connectivity index is 2.03. The lowest BCUT2D eigenvalue weighted by Crippen LogP contribution is -2.36. The van der Waals surface area contributed by atoms with Crippen LogP contribution in [0.25, 0.3) is 0 Å². The molecule has 22 heavy (non-hydrogen) atoms. The van der Waals surface area contributed by atoms with E-state index in [1.54, 1.807) is 32.6 Å². The average molecular weight is 305 g/mol. The van der Waals surface area contributed by atoms with E-state index in [1.807, 2.05) is 18.2 Å². The van der Waals surface area contributed by atoms with E-state index in [0.717, 1.165) is 0 Å². The van der Waals surface area contributed by atoms with E-state index in [-0.39, 0.29) is 6.29 Å². The molecule has 0 saturated heterocycles. The molecule has 1 aromatic heterocycles. The molecule has 1 unspecified atom stereocenters. The molecule has 5 nitrogen and oxygen atoms in total. The Morgan fingerprint density at radius 3 is 2.36 bits per heavy atom. The van der Waals surface area contributed by atoms with Crippen LogP contribution in [0.1, 0.15) is 17.4 Å². The Labute approximate surface area is 131 Å². The van der Waals surface area contributed by atoms with Gasteiger partial charge in [0.1, 0.15) is 11.9 Å². The summed E-state index contributed by atoms with van der Waals surface area (Å²) >= 11 is 0. The van der Waals surface area contributed by atoms with Gasteiger partial charge in [0.25, 0.3) is 0 Å². The van der Waals surface area contributed by atoms with Gasteiger partial charge in [0.2, 0.25) is 0 Å². The van der Waals surface area contributed by atoms with Crippen LogP contribution in [-0.2, 0) is 16.0 Å². The fraction of sp³-hybridized carbons (Fsp3) is 0.412. The molecule has 1 atom stereocenters. The van der Waals surface area contributed by atoms with Crippen LogP contribution in [0.3, 0.4) is 0 Å². The molecule has 0 radical (unpaired) electrons. The number of aliphatic hydroxyl groups is 1. The number of furan rings is 1. The summed E-state index contributed by atoms with van der Waals surface area (Å²) in [6.45, 7) is 1.69. The number of aliphatic hydroxyl groups excluding tert-OH is 1. The Kier molecular flexibility index (Phi) is 6.61. The first-order chi connectivity index (χ1) is 10.7. The van der Waals surface area contributed by atoms with Crippen molar-refractivity contribution in [1.29, 1.82) is 0 Å². The number of nitrogens with zero attached hydrogens (tertiary/aromatic N) is 1. The minimum absolute atomic E-state index is 0.340. The predicted octanol–water partition coefficient (Wildman–Crippen LogP) is 2.43. The number of hydrogen-bond acceptors (Lipinski definition) is 5. The van der Waals surface area contributed by atoms with Gasteiger partial charge in [0.05, 0.1) is 6.26 Å². The highest BCUT2D eigenvalue weighted by Gasteiger charge is 2.19. The lowest BCUT2D eigenvalue weighted by Gasteiger charge is -2.27.